The molecule has 0 rings (SSSR count). The van der Waals surface area contributed by atoms with Gasteiger partial charge in [-0.2, -0.15) is 0 Å². The zero-order chi connectivity index (χ0) is 15.4. The van der Waals surface area contributed by atoms with Gasteiger partial charge in [0, 0.05) is 12.8 Å². The first-order chi connectivity index (χ1) is 9.35. The van der Waals surface area contributed by atoms with Crippen LogP contribution in [0, 0.1) is 23.7 Å². The van der Waals surface area contributed by atoms with Crippen LogP contribution < -0.4 is 0 Å². The van der Waals surface area contributed by atoms with Crippen LogP contribution in [0.4, 0.5) is 0 Å². The fraction of sp³-hybridized carbons (Fsp3) is 0.889. The van der Waals surface area contributed by atoms with E-state index >= 15 is 0 Å². The van der Waals surface area contributed by atoms with Gasteiger partial charge >= 0.3 is 0 Å². The molecule has 2 atom stereocenters. The SMILES string of the molecule is CCCCC#CCC(C)CCC(C)COOC(C)(C)C. The van der Waals surface area contributed by atoms with Crippen LogP contribution in [0.2, 0.25) is 0 Å². The minimum absolute atomic E-state index is 0.221. The summed E-state index contributed by atoms with van der Waals surface area (Å²) in [4.78, 5) is 10.6. The molecule has 0 aliphatic rings. The van der Waals surface area contributed by atoms with Crippen LogP contribution in [0.15, 0.2) is 0 Å². The van der Waals surface area contributed by atoms with Gasteiger partial charge in [0.1, 0.15) is 0 Å². The Balaban J connectivity index is 3.61. The molecule has 2 nitrogen and oxygen atoms in total. The van der Waals surface area contributed by atoms with Gasteiger partial charge in [-0.15, -0.1) is 11.8 Å². The third-order valence-corrected chi connectivity index (χ3v) is 3.04. The maximum absolute atomic E-state index is 5.29. The summed E-state index contributed by atoms with van der Waals surface area (Å²) >= 11 is 0. The van der Waals surface area contributed by atoms with Gasteiger partial charge in [0.15, 0.2) is 0 Å². The van der Waals surface area contributed by atoms with Gasteiger partial charge in [0.05, 0.1) is 12.2 Å². The molecule has 2 heteroatoms. The molecule has 20 heavy (non-hydrogen) atoms. The van der Waals surface area contributed by atoms with Crippen molar-refractivity contribution in [3.05, 3.63) is 0 Å². The molecule has 0 radical (unpaired) electrons. The van der Waals surface area contributed by atoms with Crippen LogP contribution in [-0.4, -0.2) is 12.2 Å². The maximum atomic E-state index is 5.29. The van der Waals surface area contributed by atoms with E-state index in [1.54, 1.807) is 0 Å². The number of hydrogen-bond acceptors (Lipinski definition) is 2. The van der Waals surface area contributed by atoms with Crippen LogP contribution in [-0.2, 0) is 9.78 Å². The normalized spacial score (nSPS) is 14.5. The topological polar surface area (TPSA) is 18.5 Å². The zero-order valence-corrected chi connectivity index (χ0v) is 14.4. The Morgan fingerprint density at radius 2 is 1.65 bits per heavy atom. The number of rotatable bonds is 9. The third-order valence-electron chi connectivity index (χ3n) is 3.04. The molecule has 0 aromatic rings. The Labute approximate surface area is 126 Å². The standard InChI is InChI=1S/C18H34O2/c1-7-8-9-10-11-12-16(2)13-14-17(3)15-19-20-18(4,5)6/h16-17H,7-9,12-15H2,1-6H3. The summed E-state index contributed by atoms with van der Waals surface area (Å²) in [6.07, 6.45) is 6.92. The van der Waals surface area contributed by atoms with Crippen molar-refractivity contribution in [1.29, 1.82) is 0 Å². The van der Waals surface area contributed by atoms with E-state index in [4.69, 9.17) is 9.78 Å². The summed E-state index contributed by atoms with van der Waals surface area (Å²) in [6.45, 7) is 13.4. The average molecular weight is 282 g/mol. The second-order valence-electron chi connectivity index (χ2n) is 6.93. The summed E-state index contributed by atoms with van der Waals surface area (Å²) in [5, 5.41) is 0. The van der Waals surface area contributed by atoms with Crippen molar-refractivity contribution in [2.45, 2.75) is 85.7 Å². The van der Waals surface area contributed by atoms with E-state index < -0.39 is 0 Å². The molecular formula is C18H34O2. The Kier molecular flexibility index (Phi) is 10.9. The number of unbranched alkanes of at least 4 members (excludes halogenated alkanes) is 2. The highest BCUT2D eigenvalue weighted by molar-refractivity contribution is 4.99. The van der Waals surface area contributed by atoms with Crippen molar-refractivity contribution >= 4 is 0 Å². The average Bonchev–Trinajstić information content (AvgIpc) is 2.34. The Bertz CT molecular complexity index is 280. The van der Waals surface area contributed by atoms with Crippen LogP contribution in [0.1, 0.15) is 80.1 Å². The molecule has 0 saturated carbocycles. The van der Waals surface area contributed by atoms with Crippen molar-refractivity contribution < 1.29 is 9.78 Å². The molecule has 0 aliphatic carbocycles. The monoisotopic (exact) mass is 282 g/mol. The Morgan fingerprint density at radius 1 is 1.00 bits per heavy atom. The predicted molar refractivity (Wildman–Crippen MR) is 86.3 cm³/mol. The molecule has 2 unspecified atom stereocenters. The minimum atomic E-state index is -0.221. The molecule has 0 N–H and O–H groups in total. The highest BCUT2D eigenvalue weighted by Gasteiger charge is 2.13. The summed E-state index contributed by atoms with van der Waals surface area (Å²) in [5.41, 5.74) is -0.221. The van der Waals surface area contributed by atoms with Crippen molar-refractivity contribution in [2.24, 2.45) is 11.8 Å². The van der Waals surface area contributed by atoms with Crippen molar-refractivity contribution in [3.63, 3.8) is 0 Å². The lowest BCUT2D eigenvalue weighted by Crippen LogP contribution is -2.21. The lowest BCUT2D eigenvalue weighted by Gasteiger charge is -2.20. The number of hydrogen-bond donors (Lipinski definition) is 0. The summed E-state index contributed by atoms with van der Waals surface area (Å²) in [7, 11) is 0. The van der Waals surface area contributed by atoms with E-state index in [1.165, 1.54) is 25.7 Å². The highest BCUT2D eigenvalue weighted by atomic mass is 17.2. The molecule has 0 spiro atoms. The highest BCUT2D eigenvalue weighted by Crippen LogP contribution is 2.16. The van der Waals surface area contributed by atoms with E-state index in [2.05, 4.69) is 32.6 Å². The fourth-order valence-corrected chi connectivity index (χ4v) is 1.68. The zero-order valence-electron chi connectivity index (χ0n) is 14.4. The van der Waals surface area contributed by atoms with Gasteiger partial charge in [-0.25, -0.2) is 9.78 Å². The first kappa shape index (κ1) is 19.5. The van der Waals surface area contributed by atoms with Crippen LogP contribution in [0.3, 0.4) is 0 Å². The molecular weight excluding hydrogens is 248 g/mol. The second kappa shape index (κ2) is 11.2. The Hall–Kier alpha value is -0.520. The van der Waals surface area contributed by atoms with Gasteiger partial charge in [-0.1, -0.05) is 27.2 Å². The summed E-state index contributed by atoms with van der Waals surface area (Å²) in [6, 6.07) is 0. The Morgan fingerprint density at radius 3 is 2.25 bits per heavy atom. The van der Waals surface area contributed by atoms with Gasteiger partial charge in [-0.05, 0) is 51.9 Å². The van der Waals surface area contributed by atoms with Crippen molar-refractivity contribution in [3.8, 4) is 11.8 Å². The van der Waals surface area contributed by atoms with Gasteiger partial charge < -0.3 is 0 Å². The second-order valence-corrected chi connectivity index (χ2v) is 6.93. The van der Waals surface area contributed by atoms with Crippen LogP contribution >= 0.6 is 0 Å². The third kappa shape index (κ3) is 13.9. The lowest BCUT2D eigenvalue weighted by molar-refractivity contribution is -0.353. The molecule has 0 aromatic carbocycles. The molecule has 0 heterocycles. The predicted octanol–water partition coefficient (Wildman–Crippen LogP) is 5.37. The van der Waals surface area contributed by atoms with Crippen molar-refractivity contribution in [2.75, 3.05) is 6.61 Å². The van der Waals surface area contributed by atoms with E-state index in [-0.39, 0.29) is 5.60 Å². The molecule has 0 amide bonds. The molecule has 118 valence electrons. The molecule has 0 aromatic heterocycles. The van der Waals surface area contributed by atoms with Gasteiger partial charge in [0.25, 0.3) is 0 Å². The first-order valence-corrected chi connectivity index (χ1v) is 8.11. The van der Waals surface area contributed by atoms with E-state index in [0.29, 0.717) is 18.4 Å². The summed E-state index contributed by atoms with van der Waals surface area (Å²) in [5.74, 6) is 7.77. The smallest absolute Gasteiger partial charge is 0.0952 e. The van der Waals surface area contributed by atoms with E-state index in [0.717, 1.165) is 12.8 Å². The molecule has 0 fully saturated rings. The van der Waals surface area contributed by atoms with E-state index in [9.17, 15) is 0 Å². The summed E-state index contributed by atoms with van der Waals surface area (Å²) < 4.78 is 0. The van der Waals surface area contributed by atoms with Gasteiger partial charge in [0.2, 0.25) is 0 Å². The molecule has 0 saturated heterocycles. The van der Waals surface area contributed by atoms with Crippen molar-refractivity contribution in [1.82, 2.24) is 0 Å². The first-order valence-electron chi connectivity index (χ1n) is 8.11. The quantitative estimate of drug-likeness (QED) is 0.245. The van der Waals surface area contributed by atoms with Gasteiger partial charge in [-0.3, -0.25) is 0 Å². The maximum Gasteiger partial charge on any atom is 0.0952 e. The van der Waals surface area contributed by atoms with E-state index in [1.807, 2.05) is 20.8 Å². The molecule has 0 bridgehead atoms. The largest absolute Gasteiger partial charge is 0.236 e. The lowest BCUT2D eigenvalue weighted by atomic mass is 9.96. The van der Waals surface area contributed by atoms with Crippen LogP contribution in [0.5, 0.6) is 0 Å². The molecule has 0 aliphatic heterocycles. The van der Waals surface area contributed by atoms with Crippen LogP contribution in [0.25, 0.3) is 0 Å². The fourth-order valence-electron chi connectivity index (χ4n) is 1.68. The minimum Gasteiger partial charge on any atom is -0.236 e.